The van der Waals surface area contributed by atoms with Crippen LogP contribution in [0.25, 0.3) is 0 Å². The van der Waals surface area contributed by atoms with E-state index in [4.69, 9.17) is 11.6 Å². The number of nitrogens with zero attached hydrogens (tertiary/aromatic N) is 1. The van der Waals surface area contributed by atoms with Crippen molar-refractivity contribution in [3.8, 4) is 0 Å². The molecule has 1 unspecified atom stereocenters. The van der Waals surface area contributed by atoms with Gasteiger partial charge in [0.05, 0.1) is 22.5 Å². The van der Waals surface area contributed by atoms with Gasteiger partial charge in [0.2, 0.25) is 15.9 Å². The van der Waals surface area contributed by atoms with Crippen molar-refractivity contribution in [1.82, 2.24) is 5.32 Å². The van der Waals surface area contributed by atoms with E-state index < -0.39 is 21.8 Å². The van der Waals surface area contributed by atoms with Crippen LogP contribution in [-0.2, 0) is 21.0 Å². The molecule has 0 heterocycles. The maximum Gasteiger partial charge on any atom is 0.416 e. The van der Waals surface area contributed by atoms with E-state index in [-0.39, 0.29) is 36.0 Å². The number of benzene rings is 1. The van der Waals surface area contributed by atoms with Gasteiger partial charge in [-0.1, -0.05) is 44.7 Å². The summed E-state index contributed by atoms with van der Waals surface area (Å²) in [7, 11) is -3.89. The molecule has 0 aliphatic carbocycles. The van der Waals surface area contributed by atoms with Crippen LogP contribution >= 0.6 is 11.6 Å². The first-order valence-corrected chi connectivity index (χ1v) is 12.2. The van der Waals surface area contributed by atoms with E-state index in [1.165, 1.54) is 0 Å². The fraction of sp³-hybridized carbons (Fsp3) is 0.650. The van der Waals surface area contributed by atoms with Gasteiger partial charge in [-0.2, -0.15) is 13.2 Å². The van der Waals surface area contributed by atoms with E-state index in [0.717, 1.165) is 48.4 Å². The van der Waals surface area contributed by atoms with Gasteiger partial charge in [0.1, 0.15) is 0 Å². The number of unbranched alkanes of at least 4 members (excludes halogenated alkanes) is 1. The fourth-order valence-corrected chi connectivity index (χ4v) is 4.26. The summed E-state index contributed by atoms with van der Waals surface area (Å²) in [4.78, 5) is 12.1. The molecule has 1 rings (SSSR count). The van der Waals surface area contributed by atoms with Crippen molar-refractivity contribution < 1.29 is 26.4 Å². The van der Waals surface area contributed by atoms with Crippen LogP contribution in [0.4, 0.5) is 18.9 Å². The summed E-state index contributed by atoms with van der Waals surface area (Å²) >= 11 is 5.98. The highest BCUT2D eigenvalue weighted by Gasteiger charge is 2.32. The molecule has 1 amide bonds. The number of nitrogens with one attached hydrogen (secondary N) is 1. The molecule has 0 aliphatic heterocycles. The van der Waals surface area contributed by atoms with Crippen LogP contribution in [-0.4, -0.2) is 33.7 Å². The van der Waals surface area contributed by atoms with E-state index in [1.54, 1.807) is 0 Å². The van der Waals surface area contributed by atoms with Gasteiger partial charge >= 0.3 is 6.18 Å². The number of alkyl halides is 3. The van der Waals surface area contributed by atoms with Crippen molar-refractivity contribution >= 4 is 33.2 Å². The fourth-order valence-electron chi connectivity index (χ4n) is 3.02. The van der Waals surface area contributed by atoms with Crippen LogP contribution in [0.1, 0.15) is 57.9 Å². The lowest BCUT2D eigenvalue weighted by atomic mass is 9.99. The van der Waals surface area contributed by atoms with Gasteiger partial charge in [-0.3, -0.25) is 9.10 Å². The largest absolute Gasteiger partial charge is 0.416 e. The first kappa shape index (κ1) is 26.6. The van der Waals surface area contributed by atoms with E-state index >= 15 is 0 Å². The summed E-state index contributed by atoms with van der Waals surface area (Å²) in [6.45, 7) is 4.58. The number of halogens is 4. The van der Waals surface area contributed by atoms with Gasteiger partial charge in [0, 0.05) is 19.5 Å². The number of sulfonamides is 1. The van der Waals surface area contributed by atoms with Crippen molar-refractivity contribution in [3.63, 3.8) is 0 Å². The standard InChI is InChI=1S/C20H30ClF3N2O3S/c1-4-6-8-15(5-2)14-25-19(27)9-7-12-26(30(3,28)29)18-13-16(20(22,23)24)10-11-17(18)21/h10-11,13,15H,4-9,12,14H2,1-3H3,(H,25,27). The van der Waals surface area contributed by atoms with Crippen LogP contribution in [0, 0.1) is 5.92 Å². The Bertz CT molecular complexity index is 801. The Hall–Kier alpha value is -1.48. The molecular weight excluding hydrogens is 441 g/mol. The predicted octanol–water partition coefficient (Wildman–Crippen LogP) is 5.24. The van der Waals surface area contributed by atoms with Crippen LogP contribution in [0.2, 0.25) is 5.02 Å². The van der Waals surface area contributed by atoms with Crippen molar-refractivity contribution in [2.75, 3.05) is 23.7 Å². The molecule has 0 fully saturated rings. The molecule has 172 valence electrons. The van der Waals surface area contributed by atoms with Crippen LogP contribution in [0.15, 0.2) is 18.2 Å². The third kappa shape index (κ3) is 8.71. The topological polar surface area (TPSA) is 66.5 Å². The second-order valence-electron chi connectivity index (χ2n) is 7.32. The average Bonchev–Trinajstić information content (AvgIpc) is 2.64. The summed E-state index contributed by atoms with van der Waals surface area (Å²) < 4.78 is 64.2. The highest BCUT2D eigenvalue weighted by molar-refractivity contribution is 7.92. The van der Waals surface area contributed by atoms with Gasteiger partial charge in [-0.05, 0) is 37.0 Å². The van der Waals surface area contributed by atoms with Gasteiger partial charge in [0.25, 0.3) is 0 Å². The number of amides is 1. The molecule has 0 aliphatic rings. The zero-order valence-electron chi connectivity index (χ0n) is 17.6. The normalized spacial score (nSPS) is 13.2. The predicted molar refractivity (Wildman–Crippen MR) is 114 cm³/mol. The van der Waals surface area contributed by atoms with Crippen molar-refractivity contribution in [3.05, 3.63) is 28.8 Å². The minimum atomic E-state index is -4.63. The molecule has 0 radical (unpaired) electrons. The number of anilines is 1. The molecule has 1 N–H and O–H groups in total. The Kier molecular flexibility index (Phi) is 10.4. The summed E-state index contributed by atoms with van der Waals surface area (Å²) in [5.41, 5.74) is -1.24. The molecule has 1 atom stereocenters. The molecule has 0 bridgehead atoms. The van der Waals surface area contributed by atoms with Crippen LogP contribution in [0.5, 0.6) is 0 Å². The zero-order chi connectivity index (χ0) is 22.9. The number of carbonyl (C=O) groups is 1. The van der Waals surface area contributed by atoms with Crippen molar-refractivity contribution in [2.45, 2.75) is 58.5 Å². The average molecular weight is 471 g/mol. The van der Waals surface area contributed by atoms with Gasteiger partial charge in [-0.25, -0.2) is 8.42 Å². The number of carbonyl (C=O) groups excluding carboxylic acids is 1. The summed E-state index contributed by atoms with van der Waals surface area (Å²) in [6, 6.07) is 2.53. The molecular formula is C20H30ClF3N2O3S. The third-order valence-corrected chi connectivity index (χ3v) is 6.34. The van der Waals surface area contributed by atoms with Gasteiger partial charge < -0.3 is 5.32 Å². The summed E-state index contributed by atoms with van der Waals surface area (Å²) in [5, 5.41) is 2.74. The lowest BCUT2D eigenvalue weighted by molar-refractivity contribution is -0.137. The first-order chi connectivity index (χ1) is 13.9. The molecule has 0 spiro atoms. The van der Waals surface area contributed by atoms with E-state index in [1.807, 2.05) is 0 Å². The Balaban J connectivity index is 2.77. The van der Waals surface area contributed by atoms with E-state index in [2.05, 4.69) is 19.2 Å². The molecule has 0 saturated heterocycles. The Labute approximate surface area is 182 Å². The maximum absolute atomic E-state index is 13.0. The molecule has 1 aromatic rings. The van der Waals surface area contributed by atoms with Gasteiger partial charge in [0.15, 0.2) is 0 Å². The van der Waals surface area contributed by atoms with Crippen LogP contribution in [0.3, 0.4) is 0 Å². The third-order valence-electron chi connectivity index (χ3n) is 4.84. The molecule has 10 heteroatoms. The van der Waals surface area contributed by atoms with Gasteiger partial charge in [-0.15, -0.1) is 0 Å². The molecule has 1 aromatic carbocycles. The number of hydrogen-bond acceptors (Lipinski definition) is 3. The number of hydrogen-bond donors (Lipinski definition) is 1. The molecule has 0 saturated carbocycles. The minimum absolute atomic E-state index is 0.0623. The Morgan fingerprint density at radius 2 is 1.90 bits per heavy atom. The van der Waals surface area contributed by atoms with Crippen molar-refractivity contribution in [1.29, 1.82) is 0 Å². The van der Waals surface area contributed by atoms with Crippen LogP contribution < -0.4 is 9.62 Å². The zero-order valence-corrected chi connectivity index (χ0v) is 19.1. The molecule has 30 heavy (non-hydrogen) atoms. The highest BCUT2D eigenvalue weighted by Crippen LogP contribution is 2.36. The summed E-state index contributed by atoms with van der Waals surface area (Å²) in [6.07, 6.45) is 0.641. The maximum atomic E-state index is 13.0. The molecule has 0 aromatic heterocycles. The number of rotatable bonds is 12. The Morgan fingerprint density at radius 1 is 1.23 bits per heavy atom. The minimum Gasteiger partial charge on any atom is -0.356 e. The molecule has 5 nitrogen and oxygen atoms in total. The van der Waals surface area contributed by atoms with E-state index in [9.17, 15) is 26.4 Å². The highest BCUT2D eigenvalue weighted by atomic mass is 35.5. The smallest absolute Gasteiger partial charge is 0.356 e. The second kappa shape index (κ2) is 11.8. The lowest BCUT2D eigenvalue weighted by Crippen LogP contribution is -2.33. The SMILES string of the molecule is CCCCC(CC)CNC(=O)CCCN(c1cc(C(F)(F)F)ccc1Cl)S(C)(=O)=O. The van der Waals surface area contributed by atoms with E-state index in [0.29, 0.717) is 18.5 Å². The first-order valence-electron chi connectivity index (χ1n) is 10.0. The monoisotopic (exact) mass is 470 g/mol. The van der Waals surface area contributed by atoms with Crippen molar-refractivity contribution in [2.24, 2.45) is 5.92 Å². The lowest BCUT2D eigenvalue weighted by Gasteiger charge is -2.24. The summed E-state index contributed by atoms with van der Waals surface area (Å²) in [5.74, 6) is 0.180. The second-order valence-corrected chi connectivity index (χ2v) is 9.64. The quantitative estimate of drug-likeness (QED) is 0.454. The Morgan fingerprint density at radius 3 is 2.43 bits per heavy atom.